The molecule has 1 heterocycles. The molecule has 1 fully saturated rings. The lowest BCUT2D eigenvalue weighted by Crippen LogP contribution is -2.45. The summed E-state index contributed by atoms with van der Waals surface area (Å²) in [6.07, 6.45) is 6.93. The number of carbonyl (C=O) groups is 1. The van der Waals surface area contributed by atoms with E-state index in [9.17, 15) is 4.79 Å². The number of alkyl carbamates (subject to hydrolysis) is 1. The Morgan fingerprint density at radius 2 is 2.00 bits per heavy atom. The number of aromatic nitrogens is 2. The van der Waals surface area contributed by atoms with E-state index < -0.39 is 17.2 Å². The van der Waals surface area contributed by atoms with Crippen LogP contribution in [-0.2, 0) is 10.3 Å². The summed E-state index contributed by atoms with van der Waals surface area (Å²) in [5, 5.41) is 2.94. The third-order valence-electron chi connectivity index (χ3n) is 3.59. The van der Waals surface area contributed by atoms with Crippen LogP contribution >= 0.6 is 0 Å². The first-order valence-corrected chi connectivity index (χ1v) is 7.22. The van der Waals surface area contributed by atoms with E-state index in [1.54, 1.807) is 0 Å². The van der Waals surface area contributed by atoms with Gasteiger partial charge in [-0.1, -0.05) is 0 Å². The zero-order valence-electron chi connectivity index (χ0n) is 13.1. The van der Waals surface area contributed by atoms with Crippen LogP contribution in [0.25, 0.3) is 0 Å². The Morgan fingerprint density at radius 3 is 2.50 bits per heavy atom. The quantitative estimate of drug-likeness (QED) is 0.923. The average Bonchev–Trinajstić information content (AvgIpc) is 2.59. The van der Waals surface area contributed by atoms with Gasteiger partial charge in [-0.05, 0) is 53.9 Å². The molecule has 0 aliphatic heterocycles. The Labute approximate surface area is 120 Å². The van der Waals surface area contributed by atoms with Crippen LogP contribution in [0.5, 0.6) is 0 Å². The Bertz CT molecular complexity index is 482. The number of amides is 1. The number of ether oxygens (including phenoxy) is 1. The largest absolute Gasteiger partial charge is 0.444 e. The van der Waals surface area contributed by atoms with E-state index in [2.05, 4.69) is 14.9 Å². The zero-order valence-corrected chi connectivity index (χ0v) is 13.1. The van der Waals surface area contributed by atoms with Gasteiger partial charge in [0.05, 0.1) is 23.8 Å². The molecule has 1 aromatic heterocycles. The topological polar surface area (TPSA) is 56.1 Å². The highest BCUT2D eigenvalue weighted by Crippen LogP contribution is 2.34. The first-order valence-electron chi connectivity index (χ1n) is 7.22. The molecule has 0 aromatic carbocycles. The second-order valence-electron chi connectivity index (χ2n) is 7.02. The monoisotopic (exact) mass is 279 g/mol. The first-order chi connectivity index (χ1) is 9.19. The van der Waals surface area contributed by atoms with E-state index in [0.717, 1.165) is 5.69 Å². The van der Waals surface area contributed by atoms with Gasteiger partial charge in [0.25, 0.3) is 0 Å². The molecule has 1 N–H and O–H groups in total. The lowest BCUT2D eigenvalue weighted by Gasteiger charge is -2.34. The summed E-state index contributed by atoms with van der Waals surface area (Å²) in [7, 11) is 0. The van der Waals surface area contributed by atoms with Gasteiger partial charge in [0.1, 0.15) is 5.60 Å². The molecule has 1 aromatic rings. The van der Waals surface area contributed by atoms with Crippen molar-refractivity contribution in [2.45, 2.75) is 71.1 Å². The van der Waals surface area contributed by atoms with Crippen molar-refractivity contribution in [1.82, 2.24) is 14.9 Å². The molecule has 1 aliphatic carbocycles. The van der Waals surface area contributed by atoms with Crippen LogP contribution in [0.2, 0.25) is 0 Å². The number of nitrogens with zero attached hydrogens (tertiary/aromatic N) is 2. The van der Waals surface area contributed by atoms with Crippen LogP contribution in [0, 0.1) is 0 Å². The van der Waals surface area contributed by atoms with E-state index >= 15 is 0 Å². The molecule has 1 saturated carbocycles. The van der Waals surface area contributed by atoms with Crippen molar-refractivity contribution in [3.05, 3.63) is 18.2 Å². The number of imidazole rings is 1. The summed E-state index contributed by atoms with van der Waals surface area (Å²) in [6.45, 7) is 9.53. The molecule has 112 valence electrons. The summed E-state index contributed by atoms with van der Waals surface area (Å²) >= 11 is 0. The second kappa shape index (κ2) is 5.11. The zero-order chi connectivity index (χ0) is 15.0. The van der Waals surface area contributed by atoms with Crippen LogP contribution in [0.3, 0.4) is 0 Å². The summed E-state index contributed by atoms with van der Waals surface area (Å²) in [6, 6.07) is 0.521. The molecule has 0 spiro atoms. The van der Waals surface area contributed by atoms with Crippen molar-refractivity contribution in [1.29, 1.82) is 0 Å². The van der Waals surface area contributed by atoms with Crippen LogP contribution in [0.4, 0.5) is 4.79 Å². The van der Waals surface area contributed by atoms with Crippen molar-refractivity contribution in [2.24, 2.45) is 0 Å². The number of hydrogen-bond donors (Lipinski definition) is 1. The van der Waals surface area contributed by atoms with Crippen LogP contribution < -0.4 is 5.32 Å². The van der Waals surface area contributed by atoms with E-state index in [-0.39, 0.29) is 0 Å². The molecule has 0 unspecified atom stereocenters. The van der Waals surface area contributed by atoms with E-state index in [4.69, 9.17) is 4.74 Å². The fourth-order valence-electron chi connectivity index (χ4n) is 2.37. The predicted molar refractivity (Wildman–Crippen MR) is 77.5 cm³/mol. The molecule has 1 aliphatic rings. The molecule has 0 atom stereocenters. The number of rotatable bonds is 3. The first kappa shape index (κ1) is 14.9. The average molecular weight is 279 g/mol. The van der Waals surface area contributed by atoms with Gasteiger partial charge in [0.15, 0.2) is 0 Å². The minimum atomic E-state index is -0.506. The minimum absolute atomic E-state index is 0.399. The molecule has 0 bridgehead atoms. The van der Waals surface area contributed by atoms with Crippen molar-refractivity contribution >= 4 is 6.09 Å². The van der Waals surface area contributed by atoms with Crippen molar-refractivity contribution in [3.8, 4) is 0 Å². The highest BCUT2D eigenvalue weighted by atomic mass is 16.6. The van der Waals surface area contributed by atoms with Gasteiger partial charge in [-0.25, -0.2) is 9.78 Å². The molecule has 2 rings (SSSR count). The highest BCUT2D eigenvalue weighted by molar-refractivity contribution is 5.68. The summed E-state index contributed by atoms with van der Waals surface area (Å²) in [5.74, 6) is 0. The maximum Gasteiger partial charge on any atom is 0.408 e. The minimum Gasteiger partial charge on any atom is -0.444 e. The van der Waals surface area contributed by atoms with Crippen molar-refractivity contribution in [3.63, 3.8) is 0 Å². The van der Waals surface area contributed by atoms with Gasteiger partial charge in [0.2, 0.25) is 0 Å². The third-order valence-corrected chi connectivity index (χ3v) is 3.59. The molecule has 0 saturated heterocycles. The predicted octanol–water partition coefficient (Wildman–Crippen LogP) is 3.37. The van der Waals surface area contributed by atoms with Gasteiger partial charge in [-0.2, -0.15) is 0 Å². The van der Waals surface area contributed by atoms with E-state index in [0.29, 0.717) is 6.04 Å². The maximum absolute atomic E-state index is 12.0. The van der Waals surface area contributed by atoms with E-state index in [1.807, 2.05) is 47.1 Å². The molecule has 5 nitrogen and oxygen atoms in total. The molecule has 20 heavy (non-hydrogen) atoms. The highest BCUT2D eigenvalue weighted by Gasteiger charge is 2.32. The number of hydrogen-bond acceptors (Lipinski definition) is 3. The van der Waals surface area contributed by atoms with E-state index in [1.165, 1.54) is 19.3 Å². The summed E-state index contributed by atoms with van der Waals surface area (Å²) in [4.78, 5) is 16.2. The SMILES string of the molecule is CC(C)(C)OC(=O)NC(C)(C)c1cncn1C1CCC1. The Kier molecular flexibility index (Phi) is 3.80. The molecular weight excluding hydrogens is 254 g/mol. The van der Waals surface area contributed by atoms with Crippen LogP contribution in [0.15, 0.2) is 12.5 Å². The van der Waals surface area contributed by atoms with Gasteiger partial charge < -0.3 is 14.6 Å². The Hall–Kier alpha value is -1.52. The lowest BCUT2D eigenvalue weighted by molar-refractivity contribution is 0.0465. The molecular formula is C15H25N3O2. The molecule has 1 amide bonds. The van der Waals surface area contributed by atoms with Crippen LogP contribution in [0.1, 0.15) is 65.6 Å². The number of nitrogens with one attached hydrogen (secondary N) is 1. The number of carbonyl (C=O) groups excluding carboxylic acids is 1. The lowest BCUT2D eigenvalue weighted by atomic mass is 9.91. The van der Waals surface area contributed by atoms with Crippen molar-refractivity contribution in [2.75, 3.05) is 0 Å². The summed E-state index contributed by atoms with van der Waals surface area (Å²) < 4.78 is 7.51. The third kappa shape index (κ3) is 3.32. The standard InChI is InChI=1S/C15H25N3O2/c1-14(2,3)20-13(19)17-15(4,5)12-9-16-10-18(12)11-7-6-8-11/h9-11H,6-8H2,1-5H3,(H,17,19). The normalized spacial score (nSPS) is 16.6. The smallest absolute Gasteiger partial charge is 0.408 e. The fraction of sp³-hybridized carbons (Fsp3) is 0.733. The fourth-order valence-corrected chi connectivity index (χ4v) is 2.37. The summed E-state index contributed by atoms with van der Waals surface area (Å²) in [5.41, 5.74) is 0.0241. The Balaban J connectivity index is 2.10. The van der Waals surface area contributed by atoms with Gasteiger partial charge >= 0.3 is 6.09 Å². The van der Waals surface area contributed by atoms with Gasteiger partial charge in [-0.3, -0.25) is 0 Å². The molecule has 0 radical (unpaired) electrons. The second-order valence-corrected chi connectivity index (χ2v) is 7.02. The van der Waals surface area contributed by atoms with Crippen LogP contribution in [-0.4, -0.2) is 21.2 Å². The van der Waals surface area contributed by atoms with Gasteiger partial charge in [0, 0.05) is 6.04 Å². The van der Waals surface area contributed by atoms with Crippen molar-refractivity contribution < 1.29 is 9.53 Å². The maximum atomic E-state index is 12.0. The molecule has 5 heteroatoms. The van der Waals surface area contributed by atoms with Gasteiger partial charge in [-0.15, -0.1) is 0 Å². The Morgan fingerprint density at radius 1 is 1.35 bits per heavy atom.